The van der Waals surface area contributed by atoms with Crippen molar-refractivity contribution >= 4 is 34.4 Å². The van der Waals surface area contributed by atoms with Gasteiger partial charge in [0.15, 0.2) is 5.43 Å². The molecule has 0 unspecified atom stereocenters. The number of amides is 1. The third-order valence-corrected chi connectivity index (χ3v) is 6.53. The van der Waals surface area contributed by atoms with Crippen LogP contribution in [0.1, 0.15) is 26.3 Å². The first-order chi connectivity index (χ1) is 20.9. The molecule has 1 amide bonds. The molecule has 43 heavy (non-hydrogen) atoms. The van der Waals surface area contributed by atoms with E-state index in [2.05, 4.69) is 5.32 Å². The van der Waals surface area contributed by atoms with E-state index in [1.807, 2.05) is 24.3 Å². The summed E-state index contributed by atoms with van der Waals surface area (Å²) in [4.78, 5) is 37.1. The number of aryl methyl sites for hydroxylation is 1. The SMILES string of the molecule is O=C(NCCOCCOc1ccc(CCCl)cc1)c1ccc(-c2cccc(=O)ccoc3cc(O)ccc23)c(C(=O)O)c1. The summed E-state index contributed by atoms with van der Waals surface area (Å²) in [5.41, 5.74) is 1.74. The van der Waals surface area contributed by atoms with E-state index in [0.29, 0.717) is 35.6 Å². The smallest absolute Gasteiger partial charge is 0.336 e. The molecular formula is C33H30ClNO8. The molecule has 0 aliphatic carbocycles. The third-order valence-electron chi connectivity index (χ3n) is 6.34. The number of hydrogen-bond acceptors (Lipinski definition) is 7. The molecule has 0 atom stereocenters. The van der Waals surface area contributed by atoms with Crippen molar-refractivity contribution in [3.05, 3.63) is 118 Å². The second-order valence-corrected chi connectivity index (χ2v) is 9.69. The topological polar surface area (TPSA) is 135 Å². The largest absolute Gasteiger partial charge is 0.508 e. The van der Waals surface area contributed by atoms with Crippen LogP contribution in [-0.2, 0) is 11.2 Å². The predicted octanol–water partition coefficient (Wildman–Crippen LogP) is 5.59. The standard InChI is InChI=1S/C33H30ClNO8/c34-14-12-22-4-8-26(9-5-22)42-19-18-41-17-15-35-32(38)23-6-10-28(30(20-23)33(39)40)27-3-1-2-24(36)13-16-43-31-21-25(37)7-11-29(27)31/h1-11,13,16,20-21,37H,12,14-15,17-19H2,(H,35,38)(H,39,40). The number of carbonyl (C=O) groups is 2. The molecule has 222 valence electrons. The Kier molecular flexibility index (Phi) is 11.1. The van der Waals surface area contributed by atoms with Crippen molar-refractivity contribution in [3.63, 3.8) is 0 Å². The maximum atomic E-state index is 12.8. The van der Waals surface area contributed by atoms with Crippen molar-refractivity contribution in [2.24, 2.45) is 0 Å². The number of phenolic OH excluding ortho intramolecular Hbond substituents is 1. The van der Waals surface area contributed by atoms with Gasteiger partial charge in [0.25, 0.3) is 5.91 Å². The van der Waals surface area contributed by atoms with Crippen LogP contribution in [0.2, 0.25) is 0 Å². The number of rotatable bonds is 12. The molecule has 0 aliphatic heterocycles. The van der Waals surface area contributed by atoms with Gasteiger partial charge in [0.05, 0.1) is 25.0 Å². The fraction of sp³-hybridized carbons (Fsp3) is 0.182. The summed E-state index contributed by atoms with van der Waals surface area (Å²) < 4.78 is 16.7. The third kappa shape index (κ3) is 8.81. The molecule has 4 aromatic rings. The van der Waals surface area contributed by atoms with Crippen LogP contribution in [0.25, 0.3) is 22.1 Å². The molecule has 0 saturated carbocycles. The number of fused-ring (bicyclic) bond motifs is 1. The summed E-state index contributed by atoms with van der Waals surface area (Å²) in [6, 6.07) is 22.0. The zero-order valence-electron chi connectivity index (χ0n) is 23.1. The Morgan fingerprint density at radius 1 is 0.884 bits per heavy atom. The van der Waals surface area contributed by atoms with Crippen molar-refractivity contribution in [2.75, 3.05) is 32.2 Å². The number of carbonyl (C=O) groups excluding carboxylic acids is 1. The normalized spacial score (nSPS) is 10.6. The summed E-state index contributed by atoms with van der Waals surface area (Å²) in [5, 5.41) is 23.2. The van der Waals surface area contributed by atoms with E-state index in [-0.39, 0.29) is 41.0 Å². The Hall–Kier alpha value is -4.86. The number of nitrogens with one attached hydrogen (secondary N) is 1. The molecule has 0 fully saturated rings. The van der Waals surface area contributed by atoms with Crippen LogP contribution in [0.4, 0.5) is 0 Å². The van der Waals surface area contributed by atoms with Crippen molar-refractivity contribution < 1.29 is 33.7 Å². The van der Waals surface area contributed by atoms with Gasteiger partial charge in [0.1, 0.15) is 23.7 Å². The monoisotopic (exact) mass is 603 g/mol. The number of halogens is 1. The molecule has 0 bridgehead atoms. The second kappa shape index (κ2) is 15.4. The van der Waals surface area contributed by atoms with Crippen LogP contribution in [0.15, 0.2) is 100 Å². The first-order valence-electron chi connectivity index (χ1n) is 13.5. The highest BCUT2D eigenvalue weighted by Crippen LogP contribution is 2.32. The fourth-order valence-corrected chi connectivity index (χ4v) is 4.46. The predicted molar refractivity (Wildman–Crippen MR) is 164 cm³/mol. The summed E-state index contributed by atoms with van der Waals surface area (Å²) in [6.07, 6.45) is 1.99. The Bertz CT molecular complexity index is 1700. The number of aromatic carboxylic acids is 1. The zero-order chi connectivity index (χ0) is 30.6. The Labute approximate surface area is 252 Å². The molecule has 3 N–H and O–H groups in total. The Morgan fingerprint density at radius 2 is 1.70 bits per heavy atom. The first-order valence-corrected chi connectivity index (χ1v) is 14.0. The number of ether oxygens (including phenoxy) is 2. The molecule has 10 heteroatoms. The molecule has 1 aromatic heterocycles. The molecule has 0 spiro atoms. The number of aromatic hydroxyl groups is 1. The van der Waals surface area contributed by atoms with E-state index >= 15 is 0 Å². The molecule has 0 aliphatic rings. The van der Waals surface area contributed by atoms with Gasteiger partial charge in [0, 0.05) is 35.5 Å². The molecule has 3 aromatic carbocycles. The summed E-state index contributed by atoms with van der Waals surface area (Å²) >= 11 is 5.75. The summed E-state index contributed by atoms with van der Waals surface area (Å²) in [6.45, 7) is 1.12. The maximum Gasteiger partial charge on any atom is 0.336 e. The summed E-state index contributed by atoms with van der Waals surface area (Å²) in [5.74, 6) is -0.492. The molecule has 0 saturated heterocycles. The number of carboxylic acid groups (broad SMARTS) is 1. The van der Waals surface area contributed by atoms with Gasteiger partial charge in [0.2, 0.25) is 0 Å². The van der Waals surface area contributed by atoms with Crippen LogP contribution in [0.3, 0.4) is 0 Å². The van der Waals surface area contributed by atoms with E-state index in [0.717, 1.165) is 17.7 Å². The second-order valence-electron chi connectivity index (χ2n) is 9.31. The lowest BCUT2D eigenvalue weighted by Gasteiger charge is -2.11. The highest BCUT2D eigenvalue weighted by Gasteiger charge is 2.17. The number of alkyl halides is 1. The van der Waals surface area contributed by atoms with Gasteiger partial charge in [-0.25, -0.2) is 4.79 Å². The van der Waals surface area contributed by atoms with E-state index < -0.39 is 11.9 Å². The average Bonchev–Trinajstić information content (AvgIpc) is 3.00. The van der Waals surface area contributed by atoms with Crippen LogP contribution in [0.5, 0.6) is 11.5 Å². The molecule has 4 rings (SSSR count). The maximum absolute atomic E-state index is 12.8. The quantitative estimate of drug-likeness (QED) is 0.141. The van der Waals surface area contributed by atoms with Gasteiger partial charge < -0.3 is 29.4 Å². The van der Waals surface area contributed by atoms with Gasteiger partial charge in [-0.2, -0.15) is 0 Å². The van der Waals surface area contributed by atoms with E-state index in [1.54, 1.807) is 12.1 Å². The fourth-order valence-electron chi connectivity index (χ4n) is 4.24. The van der Waals surface area contributed by atoms with Crippen LogP contribution >= 0.6 is 11.6 Å². The van der Waals surface area contributed by atoms with E-state index in [9.17, 15) is 24.6 Å². The van der Waals surface area contributed by atoms with Crippen LogP contribution in [0, 0.1) is 0 Å². The van der Waals surface area contributed by atoms with Gasteiger partial charge in [-0.15, -0.1) is 11.6 Å². The summed E-state index contributed by atoms with van der Waals surface area (Å²) in [7, 11) is 0. The van der Waals surface area contributed by atoms with E-state index in [1.165, 1.54) is 54.8 Å². The Balaban J connectivity index is 1.43. The lowest BCUT2D eigenvalue weighted by molar-refractivity contribution is 0.0697. The van der Waals surface area contributed by atoms with Crippen molar-refractivity contribution in [1.82, 2.24) is 5.32 Å². The van der Waals surface area contributed by atoms with Gasteiger partial charge >= 0.3 is 5.97 Å². The zero-order valence-corrected chi connectivity index (χ0v) is 23.9. The molecular weight excluding hydrogens is 574 g/mol. The number of benzene rings is 3. The first kappa shape index (κ1) is 31.1. The Morgan fingerprint density at radius 3 is 2.47 bits per heavy atom. The lowest BCUT2D eigenvalue weighted by atomic mass is 9.95. The van der Waals surface area contributed by atoms with Crippen LogP contribution in [-0.4, -0.2) is 54.3 Å². The highest BCUT2D eigenvalue weighted by atomic mass is 35.5. The van der Waals surface area contributed by atoms with Gasteiger partial charge in [-0.3, -0.25) is 9.59 Å². The number of carboxylic acids is 1. The highest BCUT2D eigenvalue weighted by molar-refractivity contribution is 6.18. The van der Waals surface area contributed by atoms with E-state index in [4.69, 9.17) is 25.5 Å². The average molecular weight is 604 g/mol. The minimum atomic E-state index is -1.25. The van der Waals surface area contributed by atoms with Crippen LogP contribution < -0.4 is 15.5 Å². The molecule has 0 radical (unpaired) electrons. The minimum absolute atomic E-state index is 0.0689. The minimum Gasteiger partial charge on any atom is -0.508 e. The van der Waals surface area contributed by atoms with Crippen molar-refractivity contribution in [1.29, 1.82) is 0 Å². The molecule has 9 nitrogen and oxygen atoms in total. The van der Waals surface area contributed by atoms with Gasteiger partial charge in [-0.05, 0) is 65.6 Å². The van der Waals surface area contributed by atoms with Gasteiger partial charge in [-0.1, -0.05) is 30.3 Å². The number of phenols is 1. The lowest BCUT2D eigenvalue weighted by Crippen LogP contribution is -2.28. The van der Waals surface area contributed by atoms with Crippen molar-refractivity contribution in [3.8, 4) is 22.6 Å². The molecule has 1 heterocycles. The van der Waals surface area contributed by atoms with Crippen molar-refractivity contribution in [2.45, 2.75) is 6.42 Å². The number of hydrogen-bond donors (Lipinski definition) is 3.